The maximum atomic E-state index is 10.7. The van der Waals surface area contributed by atoms with Crippen LogP contribution >= 0.6 is 0 Å². The molecule has 1 heterocycles. The van der Waals surface area contributed by atoms with Crippen LogP contribution in [-0.2, 0) is 18.3 Å². The van der Waals surface area contributed by atoms with E-state index in [0.29, 0.717) is 5.56 Å². The van der Waals surface area contributed by atoms with Crippen molar-refractivity contribution in [2.75, 3.05) is 0 Å². The third-order valence-electron chi connectivity index (χ3n) is 2.30. The maximum Gasteiger partial charge on any atom is 0.0719 e. The number of carbonyl (C=O) groups is 1. The van der Waals surface area contributed by atoms with Crippen molar-refractivity contribution in [2.24, 2.45) is 7.05 Å². The first-order valence-electron chi connectivity index (χ1n) is 4.13. The lowest BCUT2D eigenvalue weighted by Crippen LogP contribution is -2.25. The van der Waals surface area contributed by atoms with E-state index in [-0.39, 0.29) is 5.57 Å². The number of carboxylic acid groups (broad SMARTS) is 1. The van der Waals surface area contributed by atoms with E-state index in [4.69, 9.17) is 0 Å². The van der Waals surface area contributed by atoms with Crippen molar-refractivity contribution in [1.29, 1.82) is 0 Å². The standard InChI is InChI=1S/C9H10N2O2/c1-11-8-4-2-3-6(9(12)13)7(8)5-10-11/h3,5H,2,4H2,1H3,(H,12,13)/p-1. The number of carboxylic acids is 1. The summed E-state index contributed by atoms with van der Waals surface area (Å²) in [6, 6.07) is 0. The number of fused-ring (bicyclic) bond motifs is 1. The van der Waals surface area contributed by atoms with Gasteiger partial charge in [-0.15, -0.1) is 0 Å². The summed E-state index contributed by atoms with van der Waals surface area (Å²) >= 11 is 0. The average molecular weight is 177 g/mol. The molecule has 0 unspecified atom stereocenters. The molecule has 0 aromatic carbocycles. The molecule has 0 radical (unpaired) electrons. The Morgan fingerprint density at radius 3 is 3.15 bits per heavy atom. The van der Waals surface area contributed by atoms with Gasteiger partial charge in [-0.25, -0.2) is 0 Å². The topological polar surface area (TPSA) is 58.0 Å². The lowest BCUT2D eigenvalue weighted by molar-refractivity contribution is -0.295. The fourth-order valence-electron chi connectivity index (χ4n) is 1.64. The number of rotatable bonds is 1. The molecule has 4 nitrogen and oxygen atoms in total. The van der Waals surface area contributed by atoms with E-state index >= 15 is 0 Å². The molecule has 0 aliphatic heterocycles. The Kier molecular flexibility index (Phi) is 1.69. The van der Waals surface area contributed by atoms with Crippen molar-refractivity contribution in [3.63, 3.8) is 0 Å². The molecule has 0 spiro atoms. The van der Waals surface area contributed by atoms with Crippen molar-refractivity contribution in [3.05, 3.63) is 23.5 Å². The number of aliphatic carboxylic acids is 1. The third kappa shape index (κ3) is 1.14. The first kappa shape index (κ1) is 8.04. The van der Waals surface area contributed by atoms with E-state index < -0.39 is 5.97 Å². The van der Waals surface area contributed by atoms with Crippen LogP contribution in [0.1, 0.15) is 17.7 Å². The summed E-state index contributed by atoms with van der Waals surface area (Å²) in [5, 5.41) is 14.7. The maximum absolute atomic E-state index is 10.7. The van der Waals surface area contributed by atoms with E-state index in [1.807, 2.05) is 7.05 Å². The lowest BCUT2D eigenvalue weighted by Gasteiger charge is -2.14. The Balaban J connectivity index is 2.54. The molecule has 0 saturated heterocycles. The van der Waals surface area contributed by atoms with Gasteiger partial charge in [-0.2, -0.15) is 5.10 Å². The second-order valence-electron chi connectivity index (χ2n) is 3.07. The van der Waals surface area contributed by atoms with Crippen molar-refractivity contribution in [3.8, 4) is 0 Å². The molecule has 0 saturated carbocycles. The van der Waals surface area contributed by atoms with Crippen molar-refractivity contribution < 1.29 is 9.90 Å². The highest BCUT2D eigenvalue weighted by atomic mass is 16.4. The minimum atomic E-state index is -1.12. The van der Waals surface area contributed by atoms with E-state index in [1.165, 1.54) is 0 Å². The van der Waals surface area contributed by atoms with Crippen LogP contribution in [-0.4, -0.2) is 15.7 Å². The van der Waals surface area contributed by atoms with Gasteiger partial charge in [0.25, 0.3) is 0 Å². The van der Waals surface area contributed by atoms with Crippen LogP contribution in [0.25, 0.3) is 5.57 Å². The van der Waals surface area contributed by atoms with Crippen LogP contribution in [0.15, 0.2) is 12.3 Å². The molecule has 2 rings (SSSR count). The Morgan fingerprint density at radius 2 is 2.46 bits per heavy atom. The molecule has 13 heavy (non-hydrogen) atoms. The van der Waals surface area contributed by atoms with E-state index in [1.54, 1.807) is 17.0 Å². The minimum absolute atomic E-state index is 0.273. The summed E-state index contributed by atoms with van der Waals surface area (Å²) in [5.74, 6) is -1.12. The van der Waals surface area contributed by atoms with Gasteiger partial charge < -0.3 is 9.90 Å². The van der Waals surface area contributed by atoms with Gasteiger partial charge in [0.1, 0.15) is 0 Å². The van der Waals surface area contributed by atoms with Gasteiger partial charge in [0, 0.05) is 23.9 Å². The Hall–Kier alpha value is -1.58. The van der Waals surface area contributed by atoms with Gasteiger partial charge in [-0.05, 0) is 12.8 Å². The molecule has 0 fully saturated rings. The Morgan fingerprint density at radius 1 is 1.69 bits per heavy atom. The molecule has 1 aromatic rings. The van der Waals surface area contributed by atoms with Gasteiger partial charge in [0.15, 0.2) is 0 Å². The monoisotopic (exact) mass is 177 g/mol. The van der Waals surface area contributed by atoms with E-state index in [9.17, 15) is 9.90 Å². The molecule has 4 heteroatoms. The second-order valence-corrected chi connectivity index (χ2v) is 3.07. The molecule has 0 amide bonds. The molecule has 1 aliphatic rings. The Labute approximate surface area is 75.5 Å². The van der Waals surface area contributed by atoms with E-state index in [0.717, 1.165) is 18.5 Å². The predicted octanol–water partition coefficient (Wildman–Crippen LogP) is -0.500. The molecular weight excluding hydrogens is 168 g/mol. The number of nitrogens with zero attached hydrogens (tertiary/aromatic N) is 2. The summed E-state index contributed by atoms with van der Waals surface area (Å²) < 4.78 is 1.71. The molecule has 1 aliphatic carbocycles. The first-order chi connectivity index (χ1) is 6.20. The van der Waals surface area contributed by atoms with Crippen LogP contribution < -0.4 is 5.11 Å². The normalized spacial score (nSPS) is 15.0. The fraction of sp³-hybridized carbons (Fsp3) is 0.333. The van der Waals surface area contributed by atoms with Gasteiger partial charge in [0.05, 0.1) is 12.2 Å². The number of aromatic nitrogens is 2. The van der Waals surface area contributed by atoms with Crippen LogP contribution in [0.3, 0.4) is 0 Å². The highest BCUT2D eigenvalue weighted by Gasteiger charge is 2.16. The highest BCUT2D eigenvalue weighted by molar-refractivity contribution is 6.14. The zero-order chi connectivity index (χ0) is 9.42. The predicted molar refractivity (Wildman–Crippen MR) is 44.5 cm³/mol. The van der Waals surface area contributed by atoms with Crippen molar-refractivity contribution in [1.82, 2.24) is 9.78 Å². The quantitative estimate of drug-likeness (QED) is 0.581. The van der Waals surface area contributed by atoms with Gasteiger partial charge in [-0.1, -0.05) is 6.08 Å². The summed E-state index contributed by atoms with van der Waals surface area (Å²) in [5.41, 5.74) is 1.95. The minimum Gasteiger partial charge on any atom is -0.545 e. The average Bonchev–Trinajstić information content (AvgIpc) is 2.48. The van der Waals surface area contributed by atoms with Crippen LogP contribution in [0, 0.1) is 0 Å². The highest BCUT2D eigenvalue weighted by Crippen LogP contribution is 2.24. The Bertz CT molecular complexity index is 390. The largest absolute Gasteiger partial charge is 0.545 e. The molecular formula is C9H9N2O2-. The van der Waals surface area contributed by atoms with Gasteiger partial charge in [-0.3, -0.25) is 4.68 Å². The lowest BCUT2D eigenvalue weighted by atomic mass is 9.97. The first-order valence-corrected chi connectivity index (χ1v) is 4.13. The zero-order valence-corrected chi connectivity index (χ0v) is 7.28. The van der Waals surface area contributed by atoms with Crippen LogP contribution in [0.4, 0.5) is 0 Å². The summed E-state index contributed by atoms with van der Waals surface area (Å²) in [6.07, 6.45) is 4.87. The van der Waals surface area contributed by atoms with Crippen LogP contribution in [0.5, 0.6) is 0 Å². The van der Waals surface area contributed by atoms with Crippen LogP contribution in [0.2, 0.25) is 0 Å². The molecule has 0 bridgehead atoms. The zero-order valence-electron chi connectivity index (χ0n) is 7.28. The van der Waals surface area contributed by atoms with Gasteiger partial charge >= 0.3 is 0 Å². The van der Waals surface area contributed by atoms with Gasteiger partial charge in [0.2, 0.25) is 0 Å². The number of allylic oxidation sites excluding steroid dienone is 1. The number of hydrogen-bond donors (Lipinski definition) is 0. The van der Waals surface area contributed by atoms with Crippen molar-refractivity contribution >= 4 is 11.5 Å². The molecule has 0 atom stereocenters. The summed E-state index contributed by atoms with van der Waals surface area (Å²) in [7, 11) is 1.82. The second kappa shape index (κ2) is 2.73. The summed E-state index contributed by atoms with van der Waals surface area (Å²) in [4.78, 5) is 10.7. The number of carbonyl (C=O) groups excluding carboxylic acids is 1. The third-order valence-corrected chi connectivity index (χ3v) is 2.30. The molecule has 0 N–H and O–H groups in total. The fourth-order valence-corrected chi connectivity index (χ4v) is 1.64. The number of hydrogen-bond acceptors (Lipinski definition) is 3. The van der Waals surface area contributed by atoms with Crippen molar-refractivity contribution in [2.45, 2.75) is 12.8 Å². The molecule has 68 valence electrons. The SMILES string of the molecule is Cn1ncc2c1CCC=C2C(=O)[O-]. The van der Waals surface area contributed by atoms with E-state index in [2.05, 4.69) is 5.10 Å². The molecule has 1 aromatic heterocycles. The smallest absolute Gasteiger partial charge is 0.0719 e. The summed E-state index contributed by atoms with van der Waals surface area (Å²) in [6.45, 7) is 0. The number of aryl methyl sites for hydroxylation is 1.